The lowest BCUT2D eigenvalue weighted by Crippen LogP contribution is -2.06. The Bertz CT molecular complexity index is 695. The molecule has 0 unspecified atom stereocenters. The first-order valence-corrected chi connectivity index (χ1v) is 7.43. The first-order valence-electron chi connectivity index (χ1n) is 7.43. The third-order valence-electron chi connectivity index (χ3n) is 3.74. The maximum absolute atomic E-state index is 11.9. The summed E-state index contributed by atoms with van der Waals surface area (Å²) in [6.07, 6.45) is 0.504. The van der Waals surface area contributed by atoms with E-state index in [9.17, 15) is 15.0 Å². The molecule has 4 heteroatoms. The molecule has 120 valence electrons. The van der Waals surface area contributed by atoms with Gasteiger partial charge in [0.05, 0.1) is 19.3 Å². The van der Waals surface area contributed by atoms with Crippen LogP contribution >= 0.6 is 0 Å². The van der Waals surface area contributed by atoms with Crippen molar-refractivity contribution in [2.24, 2.45) is 0 Å². The van der Waals surface area contributed by atoms with Crippen LogP contribution in [0.1, 0.15) is 30.0 Å². The highest BCUT2D eigenvalue weighted by molar-refractivity contribution is 6.24. The SMILES string of the molecule is CCC(=C(C(=O)O)c1ccccc1)c1c(CO)cccc1OC. The highest BCUT2D eigenvalue weighted by Crippen LogP contribution is 2.37. The number of rotatable bonds is 6. The van der Waals surface area contributed by atoms with E-state index in [2.05, 4.69) is 0 Å². The molecular formula is C19H20O4. The molecule has 0 saturated heterocycles. The molecule has 0 aliphatic rings. The normalized spacial score (nSPS) is 11.8. The van der Waals surface area contributed by atoms with Crippen LogP contribution in [0.4, 0.5) is 0 Å². The summed E-state index contributed by atoms with van der Waals surface area (Å²) in [7, 11) is 1.54. The van der Waals surface area contributed by atoms with Crippen molar-refractivity contribution in [2.45, 2.75) is 20.0 Å². The van der Waals surface area contributed by atoms with Gasteiger partial charge in [0.2, 0.25) is 0 Å². The van der Waals surface area contributed by atoms with Crippen molar-refractivity contribution >= 4 is 17.1 Å². The number of aliphatic hydroxyl groups is 1. The van der Waals surface area contributed by atoms with Crippen LogP contribution in [-0.4, -0.2) is 23.3 Å². The first kappa shape index (κ1) is 16.8. The van der Waals surface area contributed by atoms with Gasteiger partial charge in [-0.1, -0.05) is 49.4 Å². The summed E-state index contributed by atoms with van der Waals surface area (Å²) in [5.74, 6) is -0.439. The summed E-state index contributed by atoms with van der Waals surface area (Å²) in [4.78, 5) is 11.9. The second-order valence-corrected chi connectivity index (χ2v) is 5.03. The number of carboxylic acid groups (broad SMARTS) is 1. The average Bonchev–Trinajstić information content (AvgIpc) is 2.59. The quantitative estimate of drug-likeness (QED) is 0.632. The van der Waals surface area contributed by atoms with Gasteiger partial charge in [-0.3, -0.25) is 0 Å². The Morgan fingerprint density at radius 2 is 1.78 bits per heavy atom. The largest absolute Gasteiger partial charge is 0.496 e. The van der Waals surface area contributed by atoms with E-state index in [0.29, 0.717) is 34.4 Å². The van der Waals surface area contributed by atoms with Crippen LogP contribution in [0, 0.1) is 0 Å². The molecule has 2 aromatic rings. The van der Waals surface area contributed by atoms with Crippen molar-refractivity contribution in [1.82, 2.24) is 0 Å². The topological polar surface area (TPSA) is 66.8 Å². The predicted octanol–water partition coefficient (Wildman–Crippen LogP) is 3.59. The molecule has 0 saturated carbocycles. The minimum absolute atomic E-state index is 0.183. The van der Waals surface area contributed by atoms with Crippen LogP contribution in [-0.2, 0) is 11.4 Å². The molecule has 0 fully saturated rings. The van der Waals surface area contributed by atoms with Crippen LogP contribution in [0.3, 0.4) is 0 Å². The molecule has 0 aliphatic carbocycles. The van der Waals surface area contributed by atoms with E-state index in [1.54, 1.807) is 42.5 Å². The minimum Gasteiger partial charge on any atom is -0.496 e. The summed E-state index contributed by atoms with van der Waals surface area (Å²) in [6.45, 7) is 1.71. The van der Waals surface area contributed by atoms with Gasteiger partial charge in [0.1, 0.15) is 5.75 Å². The molecule has 0 amide bonds. The number of ether oxygens (including phenoxy) is 1. The molecule has 4 nitrogen and oxygen atoms in total. The summed E-state index contributed by atoms with van der Waals surface area (Å²) in [5, 5.41) is 19.4. The molecular weight excluding hydrogens is 292 g/mol. The fraction of sp³-hybridized carbons (Fsp3) is 0.211. The van der Waals surface area contributed by atoms with E-state index in [-0.39, 0.29) is 12.2 Å². The maximum atomic E-state index is 11.9. The Morgan fingerprint density at radius 3 is 2.30 bits per heavy atom. The van der Waals surface area contributed by atoms with Crippen LogP contribution < -0.4 is 4.74 Å². The monoisotopic (exact) mass is 312 g/mol. The number of aliphatic carboxylic acids is 1. The van der Waals surface area contributed by atoms with Crippen molar-refractivity contribution in [1.29, 1.82) is 0 Å². The van der Waals surface area contributed by atoms with Gasteiger partial charge in [-0.15, -0.1) is 0 Å². The number of hydrogen-bond donors (Lipinski definition) is 2. The van der Waals surface area contributed by atoms with Gasteiger partial charge in [0, 0.05) is 5.56 Å². The minimum atomic E-state index is -0.997. The van der Waals surface area contributed by atoms with Crippen molar-refractivity contribution in [2.75, 3.05) is 7.11 Å². The zero-order chi connectivity index (χ0) is 16.8. The molecule has 0 spiro atoms. The molecule has 2 aromatic carbocycles. The Labute approximate surface area is 135 Å². The zero-order valence-electron chi connectivity index (χ0n) is 13.2. The summed E-state index contributed by atoms with van der Waals surface area (Å²) in [6, 6.07) is 14.3. The standard InChI is InChI=1S/C19H20O4/c1-3-15(17-14(12-20)10-7-11-16(17)23-2)18(19(21)22)13-8-5-4-6-9-13/h4-11,20H,3,12H2,1-2H3,(H,21,22). The van der Waals surface area contributed by atoms with Gasteiger partial charge >= 0.3 is 5.97 Å². The van der Waals surface area contributed by atoms with Crippen LogP contribution in [0.25, 0.3) is 11.1 Å². The Morgan fingerprint density at radius 1 is 1.09 bits per heavy atom. The molecule has 0 atom stereocenters. The van der Waals surface area contributed by atoms with Gasteiger partial charge in [0.25, 0.3) is 0 Å². The van der Waals surface area contributed by atoms with E-state index in [1.807, 2.05) is 13.0 Å². The van der Waals surface area contributed by atoms with Crippen LogP contribution in [0.15, 0.2) is 48.5 Å². The number of hydrogen-bond acceptors (Lipinski definition) is 3. The van der Waals surface area contributed by atoms with Gasteiger partial charge in [-0.2, -0.15) is 0 Å². The summed E-state index contributed by atoms with van der Waals surface area (Å²) in [5.41, 5.74) is 2.81. The average molecular weight is 312 g/mol. The first-order chi connectivity index (χ1) is 11.1. The highest BCUT2D eigenvalue weighted by Gasteiger charge is 2.21. The van der Waals surface area contributed by atoms with Crippen LogP contribution in [0.5, 0.6) is 5.75 Å². The Hall–Kier alpha value is -2.59. The molecule has 23 heavy (non-hydrogen) atoms. The van der Waals surface area contributed by atoms with Gasteiger partial charge < -0.3 is 14.9 Å². The fourth-order valence-corrected chi connectivity index (χ4v) is 2.73. The predicted molar refractivity (Wildman–Crippen MR) is 90.1 cm³/mol. The van der Waals surface area contributed by atoms with Gasteiger partial charge in [-0.05, 0) is 29.2 Å². The molecule has 2 N–H and O–H groups in total. The lowest BCUT2D eigenvalue weighted by Gasteiger charge is -2.18. The van der Waals surface area contributed by atoms with Crippen molar-refractivity contribution < 1.29 is 19.7 Å². The number of carbonyl (C=O) groups is 1. The smallest absolute Gasteiger partial charge is 0.336 e. The molecule has 0 heterocycles. The zero-order valence-corrected chi connectivity index (χ0v) is 13.2. The number of carboxylic acids is 1. The third kappa shape index (κ3) is 3.43. The summed E-state index contributed by atoms with van der Waals surface area (Å²) < 4.78 is 5.40. The number of methoxy groups -OCH3 is 1. The fourth-order valence-electron chi connectivity index (χ4n) is 2.73. The second-order valence-electron chi connectivity index (χ2n) is 5.03. The Kier molecular flexibility index (Phi) is 5.55. The highest BCUT2D eigenvalue weighted by atomic mass is 16.5. The molecule has 0 aromatic heterocycles. The number of allylic oxidation sites excluding steroid dienone is 1. The Balaban J connectivity index is 2.82. The van der Waals surface area contributed by atoms with Crippen molar-refractivity contribution in [3.63, 3.8) is 0 Å². The van der Waals surface area contributed by atoms with Gasteiger partial charge in [-0.25, -0.2) is 4.79 Å². The number of benzene rings is 2. The molecule has 0 bridgehead atoms. The number of aliphatic hydroxyl groups excluding tert-OH is 1. The lowest BCUT2D eigenvalue weighted by atomic mass is 9.89. The van der Waals surface area contributed by atoms with Gasteiger partial charge in [0.15, 0.2) is 0 Å². The second kappa shape index (κ2) is 7.61. The van der Waals surface area contributed by atoms with E-state index < -0.39 is 5.97 Å². The van der Waals surface area contributed by atoms with E-state index in [0.717, 1.165) is 0 Å². The van der Waals surface area contributed by atoms with Crippen molar-refractivity contribution in [3.8, 4) is 5.75 Å². The third-order valence-corrected chi connectivity index (χ3v) is 3.74. The maximum Gasteiger partial charge on any atom is 0.336 e. The molecule has 2 rings (SSSR count). The van der Waals surface area contributed by atoms with E-state index in [1.165, 1.54) is 7.11 Å². The molecule has 0 aliphatic heterocycles. The van der Waals surface area contributed by atoms with Crippen molar-refractivity contribution in [3.05, 3.63) is 65.2 Å². The molecule has 0 radical (unpaired) electrons. The van der Waals surface area contributed by atoms with E-state index >= 15 is 0 Å². The summed E-state index contributed by atoms with van der Waals surface area (Å²) >= 11 is 0. The van der Waals surface area contributed by atoms with Crippen LogP contribution in [0.2, 0.25) is 0 Å². The lowest BCUT2D eigenvalue weighted by molar-refractivity contribution is -0.130. The van der Waals surface area contributed by atoms with E-state index in [4.69, 9.17) is 4.74 Å².